The maximum Gasteiger partial charge on any atom is 0.319 e. The Morgan fingerprint density at radius 2 is 2.23 bits per heavy atom. The van der Waals surface area contributed by atoms with Gasteiger partial charge in [0, 0.05) is 35.1 Å². The van der Waals surface area contributed by atoms with Crippen LogP contribution in [0, 0.1) is 11.8 Å². The van der Waals surface area contributed by atoms with E-state index in [4.69, 9.17) is 4.74 Å². The second kappa shape index (κ2) is 5.57. The van der Waals surface area contributed by atoms with E-state index in [1.165, 1.54) is 18.1 Å². The van der Waals surface area contributed by atoms with Crippen LogP contribution in [0.15, 0.2) is 24.3 Å². The zero-order valence-corrected chi connectivity index (χ0v) is 15.4. The number of esters is 1. The number of aliphatic hydroxyl groups excluding tert-OH is 1. The molecule has 0 spiro atoms. The molecule has 5 nitrogen and oxygen atoms in total. The Morgan fingerprint density at radius 1 is 1.42 bits per heavy atom. The number of aromatic nitrogens is 1. The smallest absolute Gasteiger partial charge is 0.319 e. The number of carbonyl (C=O) groups is 1. The van der Waals surface area contributed by atoms with E-state index in [9.17, 15) is 9.90 Å². The molecule has 1 saturated carbocycles. The number of nitrogens with zero attached hydrogens (tertiary/aromatic N) is 1. The van der Waals surface area contributed by atoms with Crippen molar-refractivity contribution in [1.29, 1.82) is 0 Å². The number of rotatable bonds is 2. The molecule has 0 radical (unpaired) electrons. The van der Waals surface area contributed by atoms with Crippen LogP contribution in [-0.2, 0) is 21.4 Å². The minimum atomic E-state index is -0.706. The van der Waals surface area contributed by atoms with E-state index >= 15 is 0 Å². The zero-order valence-electron chi connectivity index (χ0n) is 15.4. The Kier molecular flexibility index (Phi) is 3.50. The lowest BCUT2D eigenvalue weighted by molar-refractivity contribution is -0.196. The molecule has 5 heteroatoms. The van der Waals surface area contributed by atoms with Crippen LogP contribution in [0.5, 0.6) is 0 Å². The highest BCUT2D eigenvalue weighted by atomic mass is 16.5. The molecule has 26 heavy (non-hydrogen) atoms. The first kappa shape index (κ1) is 16.3. The van der Waals surface area contributed by atoms with Gasteiger partial charge < -0.3 is 14.8 Å². The van der Waals surface area contributed by atoms with Crippen molar-refractivity contribution < 1.29 is 14.6 Å². The number of fused-ring (bicyclic) bond motifs is 4. The van der Waals surface area contributed by atoms with Crippen LogP contribution in [0.25, 0.3) is 10.9 Å². The number of hydrogen-bond donors (Lipinski definition) is 2. The molecule has 6 atom stereocenters. The number of ether oxygens (including phenoxy) is 1. The maximum absolute atomic E-state index is 13.3. The Hall–Kier alpha value is -1.85. The number of para-hydroxylation sites is 1. The van der Waals surface area contributed by atoms with Crippen molar-refractivity contribution in [2.45, 2.75) is 50.3 Å². The number of benzene rings is 1. The summed E-state index contributed by atoms with van der Waals surface area (Å²) < 4.78 is 5.39. The van der Waals surface area contributed by atoms with Gasteiger partial charge in [-0.25, -0.2) is 0 Å². The van der Waals surface area contributed by atoms with Gasteiger partial charge in [0.2, 0.25) is 0 Å². The molecule has 2 unspecified atom stereocenters. The summed E-state index contributed by atoms with van der Waals surface area (Å²) in [7, 11) is 1.49. The normalized spacial score (nSPS) is 38.0. The van der Waals surface area contributed by atoms with Crippen LogP contribution in [-0.4, -0.2) is 46.9 Å². The van der Waals surface area contributed by atoms with E-state index in [1.807, 2.05) is 6.07 Å². The van der Waals surface area contributed by atoms with Crippen molar-refractivity contribution in [3.63, 3.8) is 0 Å². The zero-order chi connectivity index (χ0) is 18.1. The van der Waals surface area contributed by atoms with Gasteiger partial charge in [0.25, 0.3) is 0 Å². The number of hydrogen-bond acceptors (Lipinski definition) is 4. The first-order valence-electron chi connectivity index (χ1n) is 9.74. The molecule has 1 aromatic carbocycles. The molecule has 0 amide bonds. The second-order valence-electron chi connectivity index (χ2n) is 8.20. The minimum Gasteiger partial charge on any atom is -0.468 e. The summed E-state index contributed by atoms with van der Waals surface area (Å²) in [6, 6.07) is 8.29. The van der Waals surface area contributed by atoms with E-state index in [0.29, 0.717) is 12.3 Å². The van der Waals surface area contributed by atoms with E-state index in [-0.39, 0.29) is 17.9 Å². The van der Waals surface area contributed by atoms with Crippen molar-refractivity contribution in [1.82, 2.24) is 9.88 Å². The minimum absolute atomic E-state index is 0.00531. The molecule has 4 aliphatic rings. The molecule has 6 rings (SSSR count). The van der Waals surface area contributed by atoms with Gasteiger partial charge in [-0.2, -0.15) is 0 Å². The van der Waals surface area contributed by atoms with Crippen molar-refractivity contribution in [3.8, 4) is 0 Å². The standard InChI is InChI=1S/C21H26N2O3/c1-3-12-10-13-11-21(20(25)26-2)17-15(8-9-23(18(12)21)19(13)24)14-6-4-5-7-16(14)22-17/h4-7,12-13,18-19,22,24H,3,8-11H2,1-2H3/t12-,13+,18-,19?,21+/m0/s1. The lowest BCUT2D eigenvalue weighted by Gasteiger charge is -2.59. The molecule has 1 aliphatic carbocycles. The monoisotopic (exact) mass is 354 g/mol. The molecule has 3 fully saturated rings. The summed E-state index contributed by atoms with van der Waals surface area (Å²) in [5.74, 6) is 0.354. The Labute approximate surface area is 153 Å². The number of aliphatic hydroxyl groups is 1. The van der Waals surface area contributed by atoms with Crippen molar-refractivity contribution in [2.24, 2.45) is 11.8 Å². The summed E-state index contributed by atoms with van der Waals surface area (Å²) in [6.07, 6.45) is 3.06. The first-order valence-corrected chi connectivity index (χ1v) is 9.74. The van der Waals surface area contributed by atoms with Gasteiger partial charge in [-0.3, -0.25) is 9.69 Å². The summed E-state index contributed by atoms with van der Waals surface area (Å²) in [5, 5.41) is 12.1. The lowest BCUT2D eigenvalue weighted by atomic mass is 9.56. The topological polar surface area (TPSA) is 65.6 Å². The molecular formula is C21H26N2O3. The predicted octanol–water partition coefficient (Wildman–Crippen LogP) is 2.57. The fourth-order valence-corrected chi connectivity index (χ4v) is 6.24. The largest absolute Gasteiger partial charge is 0.468 e. The van der Waals surface area contributed by atoms with Gasteiger partial charge >= 0.3 is 5.97 Å². The third-order valence-electron chi connectivity index (χ3n) is 7.21. The quantitative estimate of drug-likeness (QED) is 0.814. The van der Waals surface area contributed by atoms with Crippen LogP contribution < -0.4 is 0 Å². The fraction of sp³-hybridized carbons (Fsp3) is 0.571. The van der Waals surface area contributed by atoms with Gasteiger partial charge in [-0.15, -0.1) is 0 Å². The predicted molar refractivity (Wildman–Crippen MR) is 98.7 cm³/mol. The molecule has 2 saturated heterocycles. The Bertz CT molecular complexity index is 875. The fourth-order valence-electron chi connectivity index (χ4n) is 6.24. The van der Waals surface area contributed by atoms with Crippen molar-refractivity contribution in [3.05, 3.63) is 35.5 Å². The van der Waals surface area contributed by atoms with Crippen molar-refractivity contribution in [2.75, 3.05) is 13.7 Å². The second-order valence-corrected chi connectivity index (χ2v) is 8.20. The van der Waals surface area contributed by atoms with Gasteiger partial charge in [-0.1, -0.05) is 31.5 Å². The van der Waals surface area contributed by atoms with Crippen molar-refractivity contribution >= 4 is 16.9 Å². The Morgan fingerprint density at radius 3 is 3.00 bits per heavy atom. The summed E-state index contributed by atoms with van der Waals surface area (Å²) in [6.45, 7) is 2.98. The van der Waals surface area contributed by atoms with Crippen LogP contribution in [0.1, 0.15) is 37.4 Å². The first-order chi connectivity index (χ1) is 12.6. The van der Waals surface area contributed by atoms with Crippen LogP contribution >= 0.6 is 0 Å². The molecule has 1 aromatic heterocycles. The van der Waals surface area contributed by atoms with Crippen LogP contribution in [0.2, 0.25) is 0 Å². The van der Waals surface area contributed by atoms with E-state index in [0.717, 1.165) is 37.0 Å². The van der Waals surface area contributed by atoms with Gasteiger partial charge in [0.15, 0.2) is 0 Å². The third-order valence-corrected chi connectivity index (χ3v) is 7.21. The van der Waals surface area contributed by atoms with E-state index in [2.05, 4.69) is 35.0 Å². The number of piperidine rings is 2. The molecule has 4 heterocycles. The maximum atomic E-state index is 13.3. The number of carbonyl (C=O) groups excluding carboxylic acids is 1. The van der Waals surface area contributed by atoms with E-state index in [1.54, 1.807) is 0 Å². The van der Waals surface area contributed by atoms with Gasteiger partial charge in [0.1, 0.15) is 11.6 Å². The summed E-state index contributed by atoms with van der Waals surface area (Å²) in [4.78, 5) is 19.1. The molecule has 4 bridgehead atoms. The Balaban J connectivity index is 1.81. The molecule has 138 valence electrons. The average molecular weight is 354 g/mol. The number of H-pyrrole nitrogens is 1. The number of methoxy groups -OCH3 is 1. The molecular weight excluding hydrogens is 328 g/mol. The lowest BCUT2D eigenvalue weighted by Crippen LogP contribution is -2.70. The average Bonchev–Trinajstić information content (AvgIpc) is 3.00. The number of nitrogens with one attached hydrogen (secondary N) is 1. The summed E-state index contributed by atoms with van der Waals surface area (Å²) >= 11 is 0. The molecule has 2 aromatic rings. The third kappa shape index (κ3) is 1.85. The van der Waals surface area contributed by atoms with Crippen LogP contribution in [0.4, 0.5) is 0 Å². The highest BCUT2D eigenvalue weighted by molar-refractivity contribution is 5.91. The van der Waals surface area contributed by atoms with Crippen LogP contribution in [0.3, 0.4) is 0 Å². The molecule has 2 N–H and O–H groups in total. The van der Waals surface area contributed by atoms with Gasteiger partial charge in [-0.05, 0) is 36.8 Å². The SMILES string of the molecule is CC[C@H]1C[C@@H]2C[C@@]3(C(=O)OC)c4[nH]c5ccccc5c4CCN(C2O)[C@@H]13. The highest BCUT2D eigenvalue weighted by Gasteiger charge is 2.65. The summed E-state index contributed by atoms with van der Waals surface area (Å²) in [5.41, 5.74) is 2.64. The highest BCUT2D eigenvalue weighted by Crippen LogP contribution is 2.56. The van der Waals surface area contributed by atoms with Gasteiger partial charge in [0.05, 0.1) is 7.11 Å². The number of aromatic amines is 1. The molecule has 3 aliphatic heterocycles. The van der Waals surface area contributed by atoms with E-state index < -0.39 is 11.6 Å².